The van der Waals surface area contributed by atoms with Crippen LogP contribution in [0.4, 0.5) is 4.39 Å². The van der Waals surface area contributed by atoms with Crippen molar-refractivity contribution in [2.75, 3.05) is 12.8 Å². The molecule has 1 aromatic rings. The molecule has 0 radical (unpaired) electrons. The fourth-order valence-electron chi connectivity index (χ4n) is 0.932. The van der Waals surface area contributed by atoms with Crippen LogP contribution in [-0.2, 0) is 0 Å². The molecule has 1 unspecified atom stereocenters. The summed E-state index contributed by atoms with van der Waals surface area (Å²) in [5.74, 6) is -0.0528. The molecule has 1 aromatic carbocycles. The van der Waals surface area contributed by atoms with Crippen molar-refractivity contribution in [2.24, 2.45) is 0 Å². The van der Waals surface area contributed by atoms with Gasteiger partial charge in [-0.1, -0.05) is 33.0 Å². The van der Waals surface area contributed by atoms with Gasteiger partial charge in [-0.2, -0.15) is 0 Å². The molecular weight excluding hydrogens is 158 g/mol. The van der Waals surface area contributed by atoms with E-state index >= 15 is 0 Å². The van der Waals surface area contributed by atoms with E-state index in [-0.39, 0.29) is 13.7 Å². The molecule has 0 aliphatic heterocycles. The van der Waals surface area contributed by atoms with Crippen LogP contribution in [0.5, 0.6) is 0 Å². The van der Waals surface area contributed by atoms with Crippen LogP contribution in [-0.4, -0.2) is 12.8 Å². The van der Waals surface area contributed by atoms with Crippen LogP contribution in [0.1, 0.15) is 6.92 Å². The molecule has 0 aliphatic carbocycles. The highest BCUT2D eigenvalue weighted by Crippen LogP contribution is 2.29. The Hall–Kier alpha value is -0.420. The SMILES string of the molecule is CCP(C)c1ccccc1F. The van der Waals surface area contributed by atoms with Crippen molar-refractivity contribution in [1.82, 2.24) is 0 Å². The molecule has 60 valence electrons. The average molecular weight is 170 g/mol. The van der Waals surface area contributed by atoms with Gasteiger partial charge in [-0.05, 0) is 18.9 Å². The lowest BCUT2D eigenvalue weighted by atomic mass is 10.3. The van der Waals surface area contributed by atoms with Crippen molar-refractivity contribution in [3.8, 4) is 0 Å². The third-order valence-corrected chi connectivity index (χ3v) is 3.87. The smallest absolute Gasteiger partial charge is 0.130 e. The van der Waals surface area contributed by atoms with Gasteiger partial charge in [-0.15, -0.1) is 0 Å². The predicted octanol–water partition coefficient (Wildman–Crippen LogP) is 2.58. The monoisotopic (exact) mass is 170 g/mol. The zero-order chi connectivity index (χ0) is 8.27. The first-order valence-corrected chi connectivity index (χ1v) is 5.68. The van der Waals surface area contributed by atoms with Gasteiger partial charge in [0.25, 0.3) is 0 Å². The lowest BCUT2D eigenvalue weighted by Gasteiger charge is -2.09. The summed E-state index contributed by atoms with van der Waals surface area (Å²) in [4.78, 5) is 0. The van der Waals surface area contributed by atoms with Gasteiger partial charge in [0.2, 0.25) is 0 Å². The molecule has 0 aromatic heterocycles. The van der Waals surface area contributed by atoms with Crippen LogP contribution >= 0.6 is 7.92 Å². The van der Waals surface area contributed by atoms with Gasteiger partial charge in [0.05, 0.1) is 0 Å². The molecule has 0 heterocycles. The van der Waals surface area contributed by atoms with Gasteiger partial charge >= 0.3 is 0 Å². The Morgan fingerprint density at radius 3 is 2.55 bits per heavy atom. The molecule has 0 amide bonds. The maximum absolute atomic E-state index is 13.0. The second-order valence-electron chi connectivity index (χ2n) is 2.47. The molecule has 2 heteroatoms. The minimum atomic E-state index is -0.269. The van der Waals surface area contributed by atoms with E-state index in [2.05, 4.69) is 13.6 Å². The van der Waals surface area contributed by atoms with Crippen molar-refractivity contribution in [3.63, 3.8) is 0 Å². The average Bonchev–Trinajstić information content (AvgIpc) is 2.04. The van der Waals surface area contributed by atoms with Crippen LogP contribution in [0.15, 0.2) is 24.3 Å². The molecule has 1 atom stereocenters. The highest BCUT2D eigenvalue weighted by molar-refractivity contribution is 7.64. The molecule has 0 nitrogen and oxygen atoms in total. The first-order valence-electron chi connectivity index (χ1n) is 3.71. The highest BCUT2D eigenvalue weighted by Gasteiger charge is 2.05. The molecule has 0 spiro atoms. The molecular formula is C9H12FP. The Kier molecular flexibility index (Phi) is 3.02. The van der Waals surface area contributed by atoms with Gasteiger partial charge < -0.3 is 0 Å². The minimum absolute atomic E-state index is 0.0528. The van der Waals surface area contributed by atoms with Crippen molar-refractivity contribution in [2.45, 2.75) is 6.92 Å². The van der Waals surface area contributed by atoms with Crippen molar-refractivity contribution >= 4 is 13.2 Å². The summed E-state index contributed by atoms with van der Waals surface area (Å²) >= 11 is 0. The number of halogens is 1. The molecule has 11 heavy (non-hydrogen) atoms. The largest absolute Gasteiger partial charge is 0.206 e. The quantitative estimate of drug-likeness (QED) is 0.598. The Bertz CT molecular complexity index is 235. The lowest BCUT2D eigenvalue weighted by molar-refractivity contribution is 0.636. The van der Waals surface area contributed by atoms with E-state index in [1.165, 1.54) is 6.07 Å². The van der Waals surface area contributed by atoms with E-state index in [4.69, 9.17) is 0 Å². The second-order valence-corrected chi connectivity index (χ2v) is 4.98. The number of hydrogen-bond acceptors (Lipinski definition) is 0. The fourth-order valence-corrected chi connectivity index (χ4v) is 2.05. The fraction of sp³-hybridized carbons (Fsp3) is 0.333. The Labute approximate surface area is 68.2 Å². The standard InChI is InChI=1S/C9H12FP/c1-3-11(2)9-7-5-4-6-8(9)10/h4-7H,3H2,1-2H3. The second kappa shape index (κ2) is 3.82. The maximum Gasteiger partial charge on any atom is 0.130 e. The topological polar surface area (TPSA) is 0 Å². The maximum atomic E-state index is 13.0. The molecule has 1 rings (SSSR count). The summed E-state index contributed by atoms with van der Waals surface area (Å²) in [6, 6.07) is 7.04. The molecule has 0 bridgehead atoms. The summed E-state index contributed by atoms with van der Waals surface area (Å²) in [7, 11) is -0.269. The summed E-state index contributed by atoms with van der Waals surface area (Å²) in [6.45, 7) is 4.20. The number of hydrogen-bond donors (Lipinski definition) is 0. The Morgan fingerprint density at radius 1 is 1.36 bits per heavy atom. The van der Waals surface area contributed by atoms with Crippen LogP contribution < -0.4 is 5.30 Å². The van der Waals surface area contributed by atoms with E-state index in [9.17, 15) is 4.39 Å². The Morgan fingerprint density at radius 2 is 2.00 bits per heavy atom. The van der Waals surface area contributed by atoms with Crippen LogP contribution in [0.3, 0.4) is 0 Å². The summed E-state index contributed by atoms with van der Waals surface area (Å²) in [5.41, 5.74) is 0. The molecule has 0 saturated heterocycles. The van der Waals surface area contributed by atoms with Gasteiger partial charge in [0.15, 0.2) is 0 Å². The van der Waals surface area contributed by atoms with E-state index in [1.54, 1.807) is 6.07 Å². The first-order chi connectivity index (χ1) is 5.25. The van der Waals surface area contributed by atoms with E-state index < -0.39 is 0 Å². The van der Waals surface area contributed by atoms with Crippen LogP contribution in [0.2, 0.25) is 0 Å². The normalized spacial score (nSPS) is 13.0. The van der Waals surface area contributed by atoms with E-state index in [0.717, 1.165) is 11.5 Å². The van der Waals surface area contributed by atoms with Gasteiger partial charge in [-0.3, -0.25) is 0 Å². The van der Waals surface area contributed by atoms with Gasteiger partial charge in [0, 0.05) is 5.30 Å². The first kappa shape index (κ1) is 8.67. The zero-order valence-electron chi connectivity index (χ0n) is 6.84. The summed E-state index contributed by atoms with van der Waals surface area (Å²) in [6.07, 6.45) is 1.05. The van der Waals surface area contributed by atoms with Crippen LogP contribution in [0.25, 0.3) is 0 Å². The van der Waals surface area contributed by atoms with Crippen LogP contribution in [0, 0.1) is 5.82 Å². The number of rotatable bonds is 2. The zero-order valence-corrected chi connectivity index (χ0v) is 7.74. The third kappa shape index (κ3) is 2.00. The van der Waals surface area contributed by atoms with E-state index in [1.807, 2.05) is 12.1 Å². The summed E-state index contributed by atoms with van der Waals surface area (Å²) < 4.78 is 13.0. The minimum Gasteiger partial charge on any atom is -0.206 e. The predicted molar refractivity (Wildman–Crippen MR) is 49.4 cm³/mol. The highest BCUT2D eigenvalue weighted by atomic mass is 31.1. The third-order valence-electron chi connectivity index (χ3n) is 1.74. The lowest BCUT2D eigenvalue weighted by Crippen LogP contribution is -2.05. The molecule has 0 N–H and O–H groups in total. The molecule has 0 fully saturated rings. The Balaban J connectivity index is 2.93. The van der Waals surface area contributed by atoms with Crippen molar-refractivity contribution < 1.29 is 4.39 Å². The van der Waals surface area contributed by atoms with Gasteiger partial charge in [-0.25, -0.2) is 4.39 Å². The molecule has 0 saturated carbocycles. The molecule has 0 aliphatic rings. The van der Waals surface area contributed by atoms with Gasteiger partial charge in [0.1, 0.15) is 5.82 Å². The summed E-state index contributed by atoms with van der Waals surface area (Å²) in [5, 5.41) is 0.894. The van der Waals surface area contributed by atoms with E-state index in [0.29, 0.717) is 0 Å². The van der Waals surface area contributed by atoms with Crippen molar-refractivity contribution in [3.05, 3.63) is 30.1 Å². The van der Waals surface area contributed by atoms with Crippen molar-refractivity contribution in [1.29, 1.82) is 0 Å². The number of benzene rings is 1.